The van der Waals surface area contributed by atoms with Crippen LogP contribution in [-0.4, -0.2) is 6.54 Å². The van der Waals surface area contributed by atoms with E-state index in [1.807, 2.05) is 18.2 Å². The van der Waals surface area contributed by atoms with Crippen LogP contribution in [0.5, 0.6) is 0 Å². The Morgan fingerprint density at radius 1 is 1.25 bits per heavy atom. The molecule has 90 valence electrons. The van der Waals surface area contributed by atoms with Crippen LogP contribution in [0.2, 0.25) is 10.0 Å². The van der Waals surface area contributed by atoms with E-state index in [1.165, 1.54) is 12.8 Å². The SMILES string of the molecule is CCCCC(NCC)c1cc(Cl)ccc1Cl. The lowest BCUT2D eigenvalue weighted by molar-refractivity contribution is 0.495. The van der Waals surface area contributed by atoms with Crippen molar-refractivity contribution >= 4 is 23.2 Å². The smallest absolute Gasteiger partial charge is 0.0454 e. The van der Waals surface area contributed by atoms with Crippen LogP contribution in [0, 0.1) is 0 Å². The van der Waals surface area contributed by atoms with Crippen LogP contribution in [-0.2, 0) is 0 Å². The molecule has 1 atom stereocenters. The van der Waals surface area contributed by atoms with Crippen LogP contribution in [0.25, 0.3) is 0 Å². The van der Waals surface area contributed by atoms with Crippen LogP contribution >= 0.6 is 23.2 Å². The molecule has 0 aliphatic rings. The molecule has 1 aromatic rings. The molecule has 0 heterocycles. The fourth-order valence-corrected chi connectivity index (χ4v) is 2.23. The highest BCUT2D eigenvalue weighted by molar-refractivity contribution is 6.33. The van der Waals surface area contributed by atoms with Crippen molar-refractivity contribution in [1.82, 2.24) is 5.32 Å². The van der Waals surface area contributed by atoms with Gasteiger partial charge in [0.2, 0.25) is 0 Å². The third-order valence-electron chi connectivity index (χ3n) is 2.63. The third-order valence-corrected chi connectivity index (χ3v) is 3.21. The number of hydrogen-bond acceptors (Lipinski definition) is 1. The molecule has 0 saturated carbocycles. The minimum Gasteiger partial charge on any atom is -0.310 e. The summed E-state index contributed by atoms with van der Waals surface area (Å²) in [7, 11) is 0. The van der Waals surface area contributed by atoms with Gasteiger partial charge in [0.25, 0.3) is 0 Å². The Balaban J connectivity index is 2.85. The molecule has 1 rings (SSSR count). The summed E-state index contributed by atoms with van der Waals surface area (Å²) in [4.78, 5) is 0. The topological polar surface area (TPSA) is 12.0 Å². The van der Waals surface area contributed by atoms with E-state index in [0.29, 0.717) is 6.04 Å². The van der Waals surface area contributed by atoms with Gasteiger partial charge in [0, 0.05) is 16.1 Å². The second kappa shape index (κ2) is 7.16. The summed E-state index contributed by atoms with van der Waals surface area (Å²) in [5.41, 5.74) is 1.12. The van der Waals surface area contributed by atoms with E-state index >= 15 is 0 Å². The van der Waals surface area contributed by atoms with Gasteiger partial charge in [0.05, 0.1) is 0 Å². The minimum absolute atomic E-state index is 0.316. The fraction of sp³-hybridized carbons (Fsp3) is 0.538. The Bertz CT molecular complexity index is 326. The third kappa shape index (κ3) is 3.97. The van der Waals surface area contributed by atoms with Gasteiger partial charge in [0.1, 0.15) is 0 Å². The van der Waals surface area contributed by atoms with Crippen LogP contribution in [0.15, 0.2) is 18.2 Å². The maximum Gasteiger partial charge on any atom is 0.0454 e. The Hall–Kier alpha value is -0.240. The molecule has 1 aromatic carbocycles. The number of unbranched alkanes of at least 4 members (excludes halogenated alkanes) is 1. The standard InChI is InChI=1S/C13H19Cl2N/c1-3-5-6-13(16-4-2)11-9-10(14)7-8-12(11)15/h7-9,13,16H,3-6H2,1-2H3. The molecule has 1 unspecified atom stereocenters. The zero-order chi connectivity index (χ0) is 12.0. The van der Waals surface area contributed by atoms with Crippen molar-refractivity contribution in [2.45, 2.75) is 39.2 Å². The Kier molecular flexibility index (Phi) is 6.18. The van der Waals surface area contributed by atoms with Crippen molar-refractivity contribution < 1.29 is 0 Å². The summed E-state index contributed by atoms with van der Waals surface area (Å²) < 4.78 is 0. The molecule has 3 heteroatoms. The Labute approximate surface area is 108 Å². The van der Waals surface area contributed by atoms with E-state index in [2.05, 4.69) is 19.2 Å². The lowest BCUT2D eigenvalue weighted by atomic mass is 10.0. The predicted octanol–water partition coefficient (Wildman–Crippen LogP) is 4.83. The van der Waals surface area contributed by atoms with E-state index in [0.717, 1.165) is 28.6 Å². The second-order valence-corrected chi connectivity index (χ2v) is 4.76. The van der Waals surface area contributed by atoms with Gasteiger partial charge in [-0.2, -0.15) is 0 Å². The van der Waals surface area contributed by atoms with Crippen LogP contribution in [0.1, 0.15) is 44.7 Å². The zero-order valence-electron chi connectivity index (χ0n) is 9.89. The van der Waals surface area contributed by atoms with Gasteiger partial charge in [-0.1, -0.05) is 49.9 Å². The average molecular weight is 260 g/mol. The van der Waals surface area contributed by atoms with Gasteiger partial charge in [-0.15, -0.1) is 0 Å². The molecule has 0 aromatic heterocycles. The number of rotatable bonds is 6. The largest absolute Gasteiger partial charge is 0.310 e. The molecule has 0 fully saturated rings. The summed E-state index contributed by atoms with van der Waals surface area (Å²) in [5, 5.41) is 5.01. The molecular formula is C13H19Cl2N. The molecule has 1 nitrogen and oxygen atoms in total. The Morgan fingerprint density at radius 3 is 2.62 bits per heavy atom. The number of benzene rings is 1. The maximum absolute atomic E-state index is 6.21. The van der Waals surface area contributed by atoms with Gasteiger partial charge < -0.3 is 5.32 Å². The lowest BCUT2D eigenvalue weighted by Crippen LogP contribution is -2.21. The van der Waals surface area contributed by atoms with E-state index in [-0.39, 0.29) is 0 Å². The highest BCUT2D eigenvalue weighted by atomic mass is 35.5. The first-order valence-electron chi connectivity index (χ1n) is 5.87. The summed E-state index contributed by atoms with van der Waals surface area (Å²) in [6, 6.07) is 5.98. The molecule has 0 aliphatic heterocycles. The molecule has 0 amide bonds. The monoisotopic (exact) mass is 259 g/mol. The van der Waals surface area contributed by atoms with Crippen molar-refractivity contribution in [3.8, 4) is 0 Å². The summed E-state index contributed by atoms with van der Waals surface area (Å²) in [5.74, 6) is 0. The van der Waals surface area contributed by atoms with Crippen molar-refractivity contribution in [3.05, 3.63) is 33.8 Å². The van der Waals surface area contributed by atoms with Crippen molar-refractivity contribution in [1.29, 1.82) is 0 Å². The maximum atomic E-state index is 6.21. The average Bonchev–Trinajstić information content (AvgIpc) is 2.28. The van der Waals surface area contributed by atoms with Crippen LogP contribution < -0.4 is 5.32 Å². The van der Waals surface area contributed by atoms with E-state index in [1.54, 1.807) is 0 Å². The molecule has 16 heavy (non-hydrogen) atoms. The normalized spacial score (nSPS) is 12.8. The van der Waals surface area contributed by atoms with Crippen LogP contribution in [0.3, 0.4) is 0 Å². The van der Waals surface area contributed by atoms with Crippen LogP contribution in [0.4, 0.5) is 0 Å². The Morgan fingerprint density at radius 2 is 2.00 bits per heavy atom. The number of hydrogen-bond donors (Lipinski definition) is 1. The summed E-state index contributed by atoms with van der Waals surface area (Å²) >= 11 is 12.2. The van der Waals surface area contributed by atoms with Gasteiger partial charge in [-0.05, 0) is 36.7 Å². The molecule has 0 spiro atoms. The second-order valence-electron chi connectivity index (χ2n) is 3.92. The lowest BCUT2D eigenvalue weighted by Gasteiger charge is -2.19. The van der Waals surface area contributed by atoms with Gasteiger partial charge >= 0.3 is 0 Å². The molecule has 0 radical (unpaired) electrons. The van der Waals surface area contributed by atoms with Gasteiger partial charge in [-0.3, -0.25) is 0 Å². The predicted molar refractivity (Wildman–Crippen MR) is 72.4 cm³/mol. The van der Waals surface area contributed by atoms with Crippen molar-refractivity contribution in [3.63, 3.8) is 0 Å². The van der Waals surface area contributed by atoms with Crippen molar-refractivity contribution in [2.24, 2.45) is 0 Å². The van der Waals surface area contributed by atoms with Gasteiger partial charge in [-0.25, -0.2) is 0 Å². The minimum atomic E-state index is 0.316. The summed E-state index contributed by atoms with van der Waals surface area (Å²) in [6.07, 6.45) is 3.49. The van der Waals surface area contributed by atoms with Gasteiger partial charge in [0.15, 0.2) is 0 Å². The number of halogens is 2. The zero-order valence-corrected chi connectivity index (χ0v) is 11.4. The molecule has 0 saturated heterocycles. The summed E-state index contributed by atoms with van der Waals surface area (Å²) in [6.45, 7) is 5.25. The van der Waals surface area contributed by atoms with E-state index < -0.39 is 0 Å². The molecule has 0 bridgehead atoms. The fourth-order valence-electron chi connectivity index (χ4n) is 1.80. The first-order chi connectivity index (χ1) is 7.69. The first kappa shape index (κ1) is 13.8. The number of nitrogens with one attached hydrogen (secondary N) is 1. The van der Waals surface area contributed by atoms with E-state index in [9.17, 15) is 0 Å². The van der Waals surface area contributed by atoms with Crippen molar-refractivity contribution in [2.75, 3.05) is 6.54 Å². The van der Waals surface area contributed by atoms with E-state index in [4.69, 9.17) is 23.2 Å². The molecule has 0 aliphatic carbocycles. The highest BCUT2D eigenvalue weighted by Gasteiger charge is 2.13. The highest BCUT2D eigenvalue weighted by Crippen LogP contribution is 2.29. The first-order valence-corrected chi connectivity index (χ1v) is 6.63. The molecule has 1 N–H and O–H groups in total. The quantitative estimate of drug-likeness (QED) is 0.772. The molecular weight excluding hydrogens is 241 g/mol.